The molecule has 0 saturated carbocycles. The van der Waals surface area contributed by atoms with Gasteiger partial charge in [0.15, 0.2) is 9.84 Å². The molecule has 0 aliphatic heterocycles. The highest BCUT2D eigenvalue weighted by Gasteiger charge is 2.16. The molecule has 0 heterocycles. The van der Waals surface area contributed by atoms with Gasteiger partial charge < -0.3 is 5.32 Å². The number of sulfone groups is 1. The number of carbonyl (C=O) groups excluding carboxylic acids is 1. The van der Waals surface area contributed by atoms with Crippen molar-refractivity contribution < 1.29 is 13.2 Å². The second kappa shape index (κ2) is 7.62. The van der Waals surface area contributed by atoms with Crippen LogP contribution in [0.1, 0.15) is 18.9 Å². The summed E-state index contributed by atoms with van der Waals surface area (Å²) in [6.45, 7) is 2.03. The monoisotopic (exact) mass is 351 g/mol. The summed E-state index contributed by atoms with van der Waals surface area (Å²) in [6, 6.07) is 13.4. The van der Waals surface area contributed by atoms with E-state index >= 15 is 0 Å². The fourth-order valence-electron chi connectivity index (χ4n) is 2.08. The minimum atomic E-state index is -3.50. The predicted octanol–water partition coefficient (Wildman–Crippen LogP) is 3.70. The van der Waals surface area contributed by atoms with Gasteiger partial charge in [-0.3, -0.25) is 4.79 Å². The molecule has 0 unspecified atom stereocenters. The number of aryl methyl sites for hydroxylation is 1. The Morgan fingerprint density at radius 1 is 1.13 bits per heavy atom. The highest BCUT2D eigenvalue weighted by atomic mass is 35.5. The molecule has 0 radical (unpaired) electrons. The van der Waals surface area contributed by atoms with E-state index in [1.54, 1.807) is 6.07 Å². The maximum atomic E-state index is 12.2. The van der Waals surface area contributed by atoms with Crippen LogP contribution in [0.5, 0.6) is 0 Å². The van der Waals surface area contributed by atoms with Crippen molar-refractivity contribution in [3.05, 3.63) is 59.1 Å². The first kappa shape index (κ1) is 17.5. The zero-order valence-electron chi connectivity index (χ0n) is 12.8. The van der Waals surface area contributed by atoms with Crippen molar-refractivity contribution in [2.75, 3.05) is 11.1 Å². The van der Waals surface area contributed by atoms with E-state index in [0.29, 0.717) is 10.7 Å². The Bertz CT molecular complexity index is 786. The molecule has 2 aromatic carbocycles. The van der Waals surface area contributed by atoms with Crippen molar-refractivity contribution in [1.29, 1.82) is 0 Å². The van der Waals surface area contributed by atoms with E-state index in [4.69, 9.17) is 11.6 Å². The van der Waals surface area contributed by atoms with Gasteiger partial charge in [-0.15, -0.1) is 0 Å². The molecule has 0 bridgehead atoms. The third-order valence-corrected chi connectivity index (χ3v) is 5.37. The predicted molar refractivity (Wildman–Crippen MR) is 92.6 cm³/mol. The van der Waals surface area contributed by atoms with Crippen LogP contribution >= 0.6 is 11.6 Å². The lowest BCUT2D eigenvalue weighted by atomic mass is 10.1. The number of anilines is 1. The van der Waals surface area contributed by atoms with Crippen LogP contribution in [0.25, 0.3) is 0 Å². The number of rotatable bonds is 6. The van der Waals surface area contributed by atoms with Crippen molar-refractivity contribution in [1.82, 2.24) is 0 Å². The van der Waals surface area contributed by atoms with Gasteiger partial charge in [-0.1, -0.05) is 30.7 Å². The van der Waals surface area contributed by atoms with Gasteiger partial charge in [-0.25, -0.2) is 8.42 Å². The van der Waals surface area contributed by atoms with Gasteiger partial charge in [0.25, 0.3) is 0 Å². The maximum Gasteiger partial charge on any atom is 0.225 e. The van der Waals surface area contributed by atoms with Gasteiger partial charge >= 0.3 is 0 Å². The average molecular weight is 352 g/mol. The SMILES string of the molecule is CCc1cccc(NC(=O)CCS(=O)(=O)c2ccc(Cl)cc2)c1. The number of hydrogen-bond acceptors (Lipinski definition) is 3. The van der Waals surface area contributed by atoms with E-state index in [1.165, 1.54) is 24.3 Å². The number of halogens is 1. The first-order valence-electron chi connectivity index (χ1n) is 7.28. The number of nitrogens with one attached hydrogen (secondary N) is 1. The first-order valence-corrected chi connectivity index (χ1v) is 9.31. The quantitative estimate of drug-likeness (QED) is 0.863. The number of hydrogen-bond donors (Lipinski definition) is 1. The molecule has 0 fully saturated rings. The van der Waals surface area contributed by atoms with Crippen LogP contribution in [0.15, 0.2) is 53.4 Å². The molecule has 0 aliphatic rings. The van der Waals surface area contributed by atoms with E-state index in [0.717, 1.165) is 12.0 Å². The summed E-state index contributed by atoms with van der Waals surface area (Å²) < 4.78 is 24.4. The van der Waals surface area contributed by atoms with Crippen LogP contribution in [0, 0.1) is 0 Å². The normalized spacial score (nSPS) is 11.2. The van der Waals surface area contributed by atoms with Crippen LogP contribution < -0.4 is 5.32 Å². The molecular formula is C17H18ClNO3S. The van der Waals surface area contributed by atoms with Gasteiger partial charge in [0.05, 0.1) is 10.6 Å². The minimum absolute atomic E-state index is 0.0959. The van der Waals surface area contributed by atoms with Crippen LogP contribution in [0.3, 0.4) is 0 Å². The summed E-state index contributed by atoms with van der Waals surface area (Å²) >= 11 is 5.75. The molecule has 2 rings (SSSR count). The molecule has 2 aromatic rings. The van der Waals surface area contributed by atoms with E-state index in [-0.39, 0.29) is 23.0 Å². The third-order valence-electron chi connectivity index (χ3n) is 3.39. The van der Waals surface area contributed by atoms with E-state index < -0.39 is 9.84 Å². The zero-order chi connectivity index (χ0) is 16.9. The van der Waals surface area contributed by atoms with Gasteiger partial charge in [-0.2, -0.15) is 0 Å². The molecule has 23 heavy (non-hydrogen) atoms. The summed E-state index contributed by atoms with van der Waals surface area (Å²) in [4.78, 5) is 12.1. The lowest BCUT2D eigenvalue weighted by molar-refractivity contribution is -0.115. The maximum absolute atomic E-state index is 12.2. The molecular weight excluding hydrogens is 334 g/mol. The number of amides is 1. The minimum Gasteiger partial charge on any atom is -0.326 e. The van der Waals surface area contributed by atoms with Crippen LogP contribution in [0.4, 0.5) is 5.69 Å². The third kappa shape index (κ3) is 5.08. The Morgan fingerprint density at radius 3 is 2.48 bits per heavy atom. The highest BCUT2D eigenvalue weighted by molar-refractivity contribution is 7.91. The van der Waals surface area contributed by atoms with Crippen LogP contribution in [0.2, 0.25) is 5.02 Å². The standard InChI is InChI=1S/C17H18ClNO3S/c1-2-13-4-3-5-15(12-13)19-17(20)10-11-23(21,22)16-8-6-14(18)7-9-16/h3-9,12H,2,10-11H2,1H3,(H,19,20). The van der Waals surface area contributed by atoms with Crippen molar-refractivity contribution in [3.8, 4) is 0 Å². The molecule has 0 saturated heterocycles. The summed E-state index contributed by atoms with van der Waals surface area (Å²) in [5.41, 5.74) is 1.79. The van der Waals surface area contributed by atoms with E-state index in [1.807, 2.05) is 25.1 Å². The number of carbonyl (C=O) groups is 1. The smallest absolute Gasteiger partial charge is 0.225 e. The first-order chi connectivity index (χ1) is 10.9. The Morgan fingerprint density at radius 2 is 1.83 bits per heavy atom. The molecule has 4 nitrogen and oxygen atoms in total. The second-order valence-corrected chi connectivity index (χ2v) is 7.67. The zero-order valence-corrected chi connectivity index (χ0v) is 14.3. The van der Waals surface area contributed by atoms with E-state index in [9.17, 15) is 13.2 Å². The molecule has 0 atom stereocenters. The van der Waals surface area contributed by atoms with Gasteiger partial charge in [-0.05, 0) is 48.4 Å². The van der Waals surface area contributed by atoms with Crippen molar-refractivity contribution in [2.45, 2.75) is 24.7 Å². The topological polar surface area (TPSA) is 63.2 Å². The Balaban J connectivity index is 1.96. The molecule has 122 valence electrons. The summed E-state index contributed by atoms with van der Waals surface area (Å²) in [5, 5.41) is 3.20. The van der Waals surface area contributed by atoms with Crippen LogP contribution in [-0.2, 0) is 21.1 Å². The van der Waals surface area contributed by atoms with Crippen molar-refractivity contribution in [2.24, 2.45) is 0 Å². The summed E-state index contributed by atoms with van der Waals surface area (Å²) in [5.74, 6) is -0.565. The lowest BCUT2D eigenvalue weighted by Gasteiger charge is -2.07. The van der Waals surface area contributed by atoms with Crippen molar-refractivity contribution >= 4 is 33.0 Å². The second-order valence-electron chi connectivity index (χ2n) is 5.12. The fraction of sp³-hybridized carbons (Fsp3) is 0.235. The Labute approximate surface area is 141 Å². The molecule has 6 heteroatoms. The average Bonchev–Trinajstić information content (AvgIpc) is 2.54. The fourth-order valence-corrected chi connectivity index (χ4v) is 3.45. The molecule has 1 amide bonds. The molecule has 0 aliphatic carbocycles. The molecule has 0 spiro atoms. The Hall–Kier alpha value is -1.85. The van der Waals surface area contributed by atoms with Gasteiger partial charge in [0.1, 0.15) is 0 Å². The number of benzene rings is 2. The van der Waals surface area contributed by atoms with Gasteiger partial charge in [0, 0.05) is 17.1 Å². The Kier molecular flexibility index (Phi) is 5.80. The van der Waals surface area contributed by atoms with E-state index in [2.05, 4.69) is 5.32 Å². The molecule has 0 aromatic heterocycles. The van der Waals surface area contributed by atoms with Crippen LogP contribution in [-0.4, -0.2) is 20.1 Å². The van der Waals surface area contributed by atoms with Gasteiger partial charge in [0.2, 0.25) is 5.91 Å². The van der Waals surface area contributed by atoms with Crippen molar-refractivity contribution in [3.63, 3.8) is 0 Å². The highest BCUT2D eigenvalue weighted by Crippen LogP contribution is 2.17. The summed E-state index contributed by atoms with van der Waals surface area (Å²) in [7, 11) is -3.50. The molecule has 1 N–H and O–H groups in total. The largest absolute Gasteiger partial charge is 0.326 e. The lowest BCUT2D eigenvalue weighted by Crippen LogP contribution is -2.17. The summed E-state index contributed by atoms with van der Waals surface area (Å²) in [6.07, 6.45) is 0.774.